The van der Waals surface area contributed by atoms with E-state index < -0.39 is 0 Å². The minimum absolute atomic E-state index is 0.779. The molecule has 0 aromatic heterocycles. The van der Waals surface area contributed by atoms with Crippen molar-refractivity contribution >= 4 is 5.69 Å². The summed E-state index contributed by atoms with van der Waals surface area (Å²) in [7, 11) is 0. The highest BCUT2D eigenvalue weighted by atomic mass is 15.2. The van der Waals surface area contributed by atoms with Crippen molar-refractivity contribution < 1.29 is 0 Å². The van der Waals surface area contributed by atoms with E-state index in [-0.39, 0.29) is 0 Å². The number of hydrogen-bond acceptors (Lipinski definition) is 2. The Balaban J connectivity index is 0. The molecule has 1 fully saturated rings. The van der Waals surface area contributed by atoms with Crippen molar-refractivity contribution in [3.63, 3.8) is 0 Å². The minimum atomic E-state index is 0.779. The normalized spacial score (nSPS) is 15.8. The Morgan fingerprint density at radius 2 is 1.32 bits per heavy atom. The van der Waals surface area contributed by atoms with Gasteiger partial charge in [0.25, 0.3) is 0 Å². The molecule has 0 radical (unpaired) electrons. The second kappa shape index (κ2) is 17.8. The molecule has 0 N–H and O–H groups in total. The van der Waals surface area contributed by atoms with Crippen molar-refractivity contribution in [2.75, 3.05) is 31.1 Å². The molecule has 0 unspecified atom stereocenters. The van der Waals surface area contributed by atoms with Crippen molar-refractivity contribution in [2.45, 2.75) is 87.6 Å². The Morgan fingerprint density at radius 1 is 0.800 bits per heavy atom. The van der Waals surface area contributed by atoms with Crippen molar-refractivity contribution in [1.82, 2.24) is 4.90 Å². The van der Waals surface area contributed by atoms with Crippen LogP contribution in [0.5, 0.6) is 0 Å². The van der Waals surface area contributed by atoms with Gasteiger partial charge in [0, 0.05) is 31.4 Å². The zero-order chi connectivity index (χ0) is 19.7. The van der Waals surface area contributed by atoms with Crippen LogP contribution in [0.4, 0.5) is 5.69 Å². The summed E-state index contributed by atoms with van der Waals surface area (Å²) >= 11 is 0. The Morgan fingerprint density at radius 3 is 1.84 bits per heavy atom. The van der Waals surface area contributed by atoms with Gasteiger partial charge in [0.2, 0.25) is 0 Å². The number of likely N-dealkylation sites (tertiary alicyclic amines) is 1. The van der Waals surface area contributed by atoms with Crippen LogP contribution in [0.25, 0.3) is 0 Å². The van der Waals surface area contributed by atoms with Gasteiger partial charge in [-0.1, -0.05) is 80.5 Å². The van der Waals surface area contributed by atoms with Gasteiger partial charge >= 0.3 is 0 Å². The molecule has 0 spiro atoms. The predicted octanol–water partition coefficient (Wildman–Crippen LogP) is 6.64. The van der Waals surface area contributed by atoms with E-state index in [1.807, 2.05) is 55.4 Å². The quantitative estimate of drug-likeness (QED) is 0.590. The van der Waals surface area contributed by atoms with Gasteiger partial charge in [-0.15, -0.1) is 0 Å². The van der Waals surface area contributed by atoms with Crippen LogP contribution in [-0.4, -0.2) is 37.1 Å². The lowest BCUT2D eigenvalue weighted by Gasteiger charge is -2.37. The molecule has 1 aromatic carbocycles. The van der Waals surface area contributed by atoms with Crippen LogP contribution in [0.3, 0.4) is 0 Å². The molecule has 2 nitrogen and oxygen atoms in total. The van der Waals surface area contributed by atoms with Crippen LogP contribution in [0, 0.1) is 0 Å². The molecule has 1 saturated heterocycles. The summed E-state index contributed by atoms with van der Waals surface area (Å²) < 4.78 is 0. The maximum atomic E-state index is 2.66. The lowest BCUT2D eigenvalue weighted by molar-refractivity contribution is 0.219. The Hall–Kier alpha value is -1.02. The molecule has 0 atom stereocenters. The molecule has 1 aromatic rings. The summed E-state index contributed by atoms with van der Waals surface area (Å²) in [5.41, 5.74) is 3.05. The second-order valence-electron chi connectivity index (χ2n) is 5.24. The number of para-hydroxylation sites is 1. The zero-order valence-corrected chi connectivity index (χ0v) is 18.7. The summed E-state index contributed by atoms with van der Waals surface area (Å²) in [5.74, 6) is 0. The van der Waals surface area contributed by atoms with Crippen LogP contribution in [0.15, 0.2) is 24.3 Å². The lowest BCUT2D eigenvalue weighted by atomic mass is 10.0. The van der Waals surface area contributed by atoms with E-state index in [9.17, 15) is 0 Å². The molecule has 0 amide bonds. The lowest BCUT2D eigenvalue weighted by Crippen LogP contribution is -2.44. The van der Waals surface area contributed by atoms with Crippen LogP contribution < -0.4 is 4.90 Å². The summed E-state index contributed by atoms with van der Waals surface area (Å²) in [6.07, 6.45) is 3.91. The average Bonchev–Trinajstić information content (AvgIpc) is 3.18. The fourth-order valence-corrected chi connectivity index (χ4v) is 3.29. The monoisotopic (exact) mass is 350 g/mol. The largest absolute Gasteiger partial charge is 0.368 e. The van der Waals surface area contributed by atoms with Gasteiger partial charge in [-0.2, -0.15) is 0 Å². The molecule has 2 aliphatic heterocycles. The molecule has 0 saturated carbocycles. The summed E-state index contributed by atoms with van der Waals surface area (Å²) in [5, 5.41) is 0. The number of fused-ring (bicyclic) bond motifs is 1. The van der Waals surface area contributed by atoms with Crippen molar-refractivity contribution in [1.29, 1.82) is 0 Å². The smallest absolute Gasteiger partial charge is 0.0402 e. The fourth-order valence-electron chi connectivity index (χ4n) is 3.29. The highest BCUT2D eigenvalue weighted by molar-refractivity contribution is 5.58. The third kappa shape index (κ3) is 8.27. The molecule has 2 heterocycles. The summed E-state index contributed by atoms with van der Waals surface area (Å²) in [4.78, 5) is 5.22. The van der Waals surface area contributed by atoms with E-state index in [0.717, 1.165) is 6.04 Å². The molecule has 25 heavy (non-hydrogen) atoms. The maximum Gasteiger partial charge on any atom is 0.0402 e. The molecule has 2 aliphatic rings. The molecule has 2 heteroatoms. The number of benzene rings is 1. The van der Waals surface area contributed by atoms with Gasteiger partial charge in [-0.05, 0) is 37.4 Å². The summed E-state index contributed by atoms with van der Waals surface area (Å²) in [6.45, 7) is 23.3. The number of rotatable bonds is 2. The van der Waals surface area contributed by atoms with Crippen molar-refractivity contribution in [3.8, 4) is 0 Å². The maximum absolute atomic E-state index is 2.66. The third-order valence-electron chi connectivity index (χ3n) is 4.37. The summed E-state index contributed by atoms with van der Waals surface area (Å²) in [6, 6.07) is 9.72. The van der Waals surface area contributed by atoms with Gasteiger partial charge in [0.05, 0.1) is 0 Å². The second-order valence-corrected chi connectivity index (χ2v) is 5.24. The first-order valence-electron chi connectivity index (χ1n) is 11.0. The highest BCUT2D eigenvalue weighted by Gasteiger charge is 2.28. The van der Waals surface area contributed by atoms with E-state index in [1.54, 1.807) is 5.56 Å². The van der Waals surface area contributed by atoms with Crippen LogP contribution in [-0.2, 0) is 6.42 Å². The SMILES string of the molecule is CC.CC.CC.CC.CCN1CCC(N2CCc3ccccc32)CC1. The van der Waals surface area contributed by atoms with E-state index in [4.69, 9.17) is 0 Å². The minimum Gasteiger partial charge on any atom is -0.368 e. The number of anilines is 1. The zero-order valence-electron chi connectivity index (χ0n) is 18.7. The van der Waals surface area contributed by atoms with Gasteiger partial charge < -0.3 is 9.80 Å². The predicted molar refractivity (Wildman–Crippen MR) is 118 cm³/mol. The Kier molecular flexibility index (Phi) is 18.7. The first-order valence-corrected chi connectivity index (χ1v) is 11.0. The molecule has 3 rings (SSSR count). The van der Waals surface area contributed by atoms with Gasteiger partial charge in [0.15, 0.2) is 0 Å². The van der Waals surface area contributed by atoms with E-state index in [2.05, 4.69) is 41.0 Å². The van der Waals surface area contributed by atoms with Gasteiger partial charge in [-0.25, -0.2) is 0 Å². The number of hydrogen-bond donors (Lipinski definition) is 0. The molecular weight excluding hydrogens is 304 g/mol. The first kappa shape index (κ1) is 26.2. The van der Waals surface area contributed by atoms with Crippen LogP contribution >= 0.6 is 0 Å². The third-order valence-corrected chi connectivity index (χ3v) is 4.37. The number of nitrogens with zero attached hydrogens (tertiary/aromatic N) is 2. The Bertz CT molecular complexity index is 381. The van der Waals surface area contributed by atoms with Crippen LogP contribution in [0.2, 0.25) is 0 Å². The highest BCUT2D eigenvalue weighted by Crippen LogP contribution is 2.32. The van der Waals surface area contributed by atoms with Crippen molar-refractivity contribution in [3.05, 3.63) is 29.8 Å². The Labute approximate surface area is 159 Å². The average molecular weight is 351 g/mol. The molecule has 0 aliphatic carbocycles. The van der Waals surface area contributed by atoms with E-state index in [1.165, 1.54) is 51.1 Å². The van der Waals surface area contributed by atoms with Gasteiger partial charge in [-0.3, -0.25) is 0 Å². The van der Waals surface area contributed by atoms with E-state index >= 15 is 0 Å². The fraction of sp³-hybridized carbons (Fsp3) is 0.739. The van der Waals surface area contributed by atoms with Crippen molar-refractivity contribution in [2.24, 2.45) is 0 Å². The molecular formula is C23H46N2. The van der Waals surface area contributed by atoms with Gasteiger partial charge in [0.1, 0.15) is 0 Å². The number of piperidine rings is 1. The molecule has 0 bridgehead atoms. The topological polar surface area (TPSA) is 6.48 Å². The standard InChI is InChI=1S/C15H22N2.4C2H6/c1-2-16-10-8-14(9-11-16)17-12-7-13-5-3-4-6-15(13)17;4*1-2/h3-6,14H,2,7-12H2,1H3;4*1-2H3. The molecule has 148 valence electrons. The van der Waals surface area contributed by atoms with E-state index in [0.29, 0.717) is 0 Å². The van der Waals surface area contributed by atoms with Crippen LogP contribution in [0.1, 0.15) is 80.7 Å². The first-order chi connectivity index (χ1) is 12.4.